The van der Waals surface area contributed by atoms with Crippen molar-refractivity contribution in [2.45, 2.75) is 24.0 Å². The lowest BCUT2D eigenvalue weighted by Crippen LogP contribution is -2.45. The van der Waals surface area contributed by atoms with Crippen LogP contribution in [0.4, 0.5) is 0 Å². The topological polar surface area (TPSA) is 105 Å². The summed E-state index contributed by atoms with van der Waals surface area (Å²) in [4.78, 5) is 21.7. The fourth-order valence-corrected chi connectivity index (χ4v) is 3.64. The molecule has 0 amide bonds. The lowest BCUT2D eigenvalue weighted by atomic mass is 10.0. The number of pyridine rings is 1. The summed E-state index contributed by atoms with van der Waals surface area (Å²) < 4.78 is 39.6. The molecule has 0 aliphatic carbocycles. The Morgan fingerprint density at radius 2 is 2.26 bits per heavy atom. The van der Waals surface area contributed by atoms with E-state index in [1.54, 1.807) is 18.3 Å². The molecule has 0 radical (unpaired) electrons. The predicted octanol–water partition coefficient (Wildman–Crippen LogP) is 0.293. The summed E-state index contributed by atoms with van der Waals surface area (Å²) in [7, 11) is -1.71. The van der Waals surface area contributed by atoms with E-state index in [0.717, 1.165) is 7.11 Å². The summed E-state index contributed by atoms with van der Waals surface area (Å²) in [5.41, 5.74) is -1.37. The van der Waals surface area contributed by atoms with Gasteiger partial charge in [0, 0.05) is 26.5 Å². The second-order valence-electron chi connectivity index (χ2n) is 5.41. The van der Waals surface area contributed by atoms with Crippen molar-refractivity contribution in [3.05, 3.63) is 34.7 Å². The van der Waals surface area contributed by atoms with Gasteiger partial charge in [-0.05, 0) is 6.07 Å². The second kappa shape index (κ2) is 6.10. The standard InChI is InChI=1S/C13H18NO8P/c1-18-7-13-8-20-10(11(13)22-23(16,17)19-2)12(21-13)14-6-4-3-5-9(14)15/h3-6,10-12H,7-8H2,1-2H3,(H,16,17)/t10-,11?,12-,13+/m1/s1. The summed E-state index contributed by atoms with van der Waals surface area (Å²) >= 11 is 0. The molecule has 3 rings (SSSR count). The Bertz CT molecular complexity index is 678. The van der Waals surface area contributed by atoms with Crippen LogP contribution < -0.4 is 5.56 Å². The summed E-state index contributed by atoms with van der Waals surface area (Å²) in [5, 5.41) is 0. The molecule has 2 bridgehead atoms. The maximum atomic E-state index is 12.0. The minimum atomic E-state index is -4.26. The molecule has 2 aliphatic heterocycles. The molecule has 2 aliphatic rings. The first kappa shape index (κ1) is 16.8. The monoisotopic (exact) mass is 347 g/mol. The molecule has 2 unspecified atom stereocenters. The highest BCUT2D eigenvalue weighted by atomic mass is 31.2. The van der Waals surface area contributed by atoms with Crippen molar-refractivity contribution in [3.8, 4) is 0 Å². The molecule has 5 atom stereocenters. The van der Waals surface area contributed by atoms with Crippen LogP contribution in [-0.4, -0.2) is 54.7 Å². The third-order valence-corrected chi connectivity index (χ3v) is 4.92. The number of nitrogens with zero attached hydrogens (tertiary/aromatic N) is 1. The molecular weight excluding hydrogens is 329 g/mol. The zero-order valence-corrected chi connectivity index (χ0v) is 13.5. The van der Waals surface area contributed by atoms with Crippen LogP contribution in [0.5, 0.6) is 0 Å². The number of fused-ring (bicyclic) bond motifs is 2. The number of hydrogen-bond acceptors (Lipinski definition) is 7. The summed E-state index contributed by atoms with van der Waals surface area (Å²) in [5.74, 6) is 0. The molecule has 23 heavy (non-hydrogen) atoms. The Balaban J connectivity index is 1.95. The maximum absolute atomic E-state index is 12.0. The molecule has 128 valence electrons. The van der Waals surface area contributed by atoms with Crippen LogP contribution in [-0.2, 0) is 27.8 Å². The molecule has 0 aromatic carbocycles. The largest absolute Gasteiger partial charge is 0.472 e. The van der Waals surface area contributed by atoms with Crippen LogP contribution in [0.1, 0.15) is 6.23 Å². The highest BCUT2D eigenvalue weighted by molar-refractivity contribution is 7.47. The van der Waals surface area contributed by atoms with Gasteiger partial charge in [-0.15, -0.1) is 0 Å². The molecular formula is C13H18NO8P. The summed E-state index contributed by atoms with van der Waals surface area (Å²) in [6, 6.07) is 4.68. The van der Waals surface area contributed by atoms with E-state index in [9.17, 15) is 14.3 Å². The van der Waals surface area contributed by atoms with Gasteiger partial charge in [0.25, 0.3) is 5.56 Å². The van der Waals surface area contributed by atoms with Gasteiger partial charge in [-0.1, -0.05) is 6.07 Å². The summed E-state index contributed by atoms with van der Waals surface area (Å²) in [6.45, 7) is 0.202. The SMILES string of the molecule is COC[C@]12CO[C@H](C1OP(=O)(O)OC)[C@H](n1ccccc1=O)O2. The van der Waals surface area contributed by atoms with Gasteiger partial charge in [0.05, 0.1) is 13.2 Å². The van der Waals surface area contributed by atoms with E-state index in [2.05, 4.69) is 4.52 Å². The van der Waals surface area contributed by atoms with Gasteiger partial charge in [-0.3, -0.25) is 18.4 Å². The normalized spacial score (nSPS) is 35.3. The van der Waals surface area contributed by atoms with Crippen LogP contribution >= 0.6 is 7.82 Å². The Morgan fingerprint density at radius 1 is 1.48 bits per heavy atom. The lowest BCUT2D eigenvalue weighted by molar-refractivity contribution is -0.190. The van der Waals surface area contributed by atoms with Crippen molar-refractivity contribution in [2.75, 3.05) is 27.4 Å². The smallest absolute Gasteiger partial charge is 0.381 e. The second-order valence-corrected chi connectivity index (χ2v) is 6.92. The van der Waals surface area contributed by atoms with Crippen LogP contribution in [0.15, 0.2) is 29.2 Å². The van der Waals surface area contributed by atoms with Crippen LogP contribution in [0.3, 0.4) is 0 Å². The highest BCUT2D eigenvalue weighted by Crippen LogP contribution is 2.54. The molecule has 3 heterocycles. The lowest BCUT2D eigenvalue weighted by Gasteiger charge is -2.31. The third kappa shape index (κ3) is 2.89. The van der Waals surface area contributed by atoms with E-state index in [-0.39, 0.29) is 18.8 Å². The number of aromatic nitrogens is 1. The van der Waals surface area contributed by atoms with Crippen molar-refractivity contribution in [2.24, 2.45) is 0 Å². The average Bonchev–Trinajstić information content (AvgIpc) is 2.99. The van der Waals surface area contributed by atoms with Gasteiger partial charge in [0.2, 0.25) is 0 Å². The van der Waals surface area contributed by atoms with E-state index in [1.165, 1.54) is 17.7 Å². The number of ether oxygens (including phenoxy) is 3. The van der Waals surface area contributed by atoms with Crippen molar-refractivity contribution in [3.63, 3.8) is 0 Å². The van der Waals surface area contributed by atoms with E-state index in [0.29, 0.717) is 0 Å². The Kier molecular flexibility index (Phi) is 4.45. The fraction of sp³-hybridized carbons (Fsp3) is 0.615. The third-order valence-electron chi connectivity index (χ3n) is 3.96. The van der Waals surface area contributed by atoms with Gasteiger partial charge in [0.15, 0.2) is 6.23 Å². The molecule has 1 aromatic rings. The van der Waals surface area contributed by atoms with Gasteiger partial charge in [0.1, 0.15) is 17.8 Å². The Hall–Kier alpha value is -1.06. The van der Waals surface area contributed by atoms with Gasteiger partial charge in [-0.2, -0.15) is 0 Å². The van der Waals surface area contributed by atoms with E-state index < -0.39 is 31.9 Å². The number of hydrogen-bond donors (Lipinski definition) is 1. The molecule has 2 saturated heterocycles. The molecule has 9 nitrogen and oxygen atoms in total. The first-order valence-corrected chi connectivity index (χ1v) is 8.44. The molecule has 0 spiro atoms. The Labute approximate surface area is 132 Å². The minimum Gasteiger partial charge on any atom is -0.381 e. The zero-order valence-electron chi connectivity index (χ0n) is 12.7. The fourth-order valence-electron chi connectivity index (χ4n) is 2.96. The van der Waals surface area contributed by atoms with Crippen LogP contribution in [0.25, 0.3) is 0 Å². The first-order valence-electron chi connectivity index (χ1n) is 6.95. The number of phosphoric acid groups is 1. The molecule has 2 fully saturated rings. The number of rotatable bonds is 6. The van der Waals surface area contributed by atoms with E-state index in [1.807, 2.05) is 0 Å². The molecule has 1 N–H and O–H groups in total. The molecule has 0 saturated carbocycles. The average molecular weight is 347 g/mol. The van der Waals surface area contributed by atoms with Gasteiger partial charge < -0.3 is 19.1 Å². The van der Waals surface area contributed by atoms with Crippen molar-refractivity contribution in [1.82, 2.24) is 4.57 Å². The first-order chi connectivity index (χ1) is 10.9. The van der Waals surface area contributed by atoms with Crippen molar-refractivity contribution >= 4 is 7.82 Å². The summed E-state index contributed by atoms with van der Waals surface area (Å²) in [6.07, 6.45) is -0.866. The zero-order chi connectivity index (χ0) is 16.7. The Morgan fingerprint density at radius 3 is 2.91 bits per heavy atom. The quantitative estimate of drug-likeness (QED) is 0.732. The van der Waals surface area contributed by atoms with Crippen LogP contribution in [0, 0.1) is 0 Å². The van der Waals surface area contributed by atoms with Crippen molar-refractivity contribution < 1.29 is 32.7 Å². The maximum Gasteiger partial charge on any atom is 0.472 e. The highest BCUT2D eigenvalue weighted by Gasteiger charge is 2.64. The number of phosphoric ester groups is 1. The van der Waals surface area contributed by atoms with Crippen molar-refractivity contribution in [1.29, 1.82) is 0 Å². The molecule has 1 aromatic heterocycles. The van der Waals surface area contributed by atoms with E-state index >= 15 is 0 Å². The number of methoxy groups -OCH3 is 1. The van der Waals surface area contributed by atoms with Gasteiger partial charge >= 0.3 is 7.82 Å². The van der Waals surface area contributed by atoms with E-state index in [4.69, 9.17) is 18.7 Å². The van der Waals surface area contributed by atoms with Gasteiger partial charge in [-0.25, -0.2) is 4.57 Å². The van der Waals surface area contributed by atoms with Crippen LogP contribution in [0.2, 0.25) is 0 Å². The predicted molar refractivity (Wildman–Crippen MR) is 76.9 cm³/mol. The molecule has 10 heteroatoms. The minimum absolute atomic E-state index is 0.0793.